The van der Waals surface area contributed by atoms with E-state index >= 15 is 0 Å². The number of nitrogens with zero attached hydrogens (tertiary/aromatic N) is 3. The van der Waals surface area contributed by atoms with E-state index in [-0.39, 0.29) is 5.91 Å². The summed E-state index contributed by atoms with van der Waals surface area (Å²) >= 11 is 2.78. The highest BCUT2D eigenvalue weighted by molar-refractivity contribution is 7.10. The van der Waals surface area contributed by atoms with E-state index < -0.39 is 0 Å². The molecule has 0 saturated carbocycles. The fraction of sp³-hybridized carbons (Fsp3) is 0.188. The van der Waals surface area contributed by atoms with Crippen molar-refractivity contribution in [2.75, 3.05) is 19.4 Å². The molecule has 0 aliphatic heterocycles. The first kappa shape index (κ1) is 15.8. The number of nitrogens with one attached hydrogen (secondary N) is 1. The summed E-state index contributed by atoms with van der Waals surface area (Å²) in [5, 5.41) is 7.29. The summed E-state index contributed by atoms with van der Waals surface area (Å²) < 4.78 is 4.28. The highest BCUT2D eigenvalue weighted by Gasteiger charge is 2.12. The van der Waals surface area contributed by atoms with Crippen molar-refractivity contribution in [2.45, 2.75) is 6.54 Å². The van der Waals surface area contributed by atoms with Gasteiger partial charge in [0, 0.05) is 34.6 Å². The van der Waals surface area contributed by atoms with E-state index in [1.807, 2.05) is 49.1 Å². The van der Waals surface area contributed by atoms with Crippen LogP contribution in [-0.4, -0.2) is 34.3 Å². The van der Waals surface area contributed by atoms with Crippen LogP contribution >= 0.6 is 22.9 Å². The molecule has 1 N–H and O–H groups in total. The number of benzene rings is 1. The molecule has 2 aromatic heterocycles. The normalized spacial score (nSPS) is 10.9. The number of hydrogen-bond donors (Lipinski definition) is 1. The van der Waals surface area contributed by atoms with Crippen LogP contribution in [0.15, 0.2) is 41.1 Å². The van der Waals surface area contributed by atoms with E-state index in [0.717, 1.165) is 17.7 Å². The van der Waals surface area contributed by atoms with Crippen molar-refractivity contribution in [3.05, 3.63) is 52.2 Å². The molecule has 1 aromatic carbocycles. The van der Waals surface area contributed by atoms with Crippen molar-refractivity contribution in [3.63, 3.8) is 0 Å². The van der Waals surface area contributed by atoms with E-state index in [9.17, 15) is 4.79 Å². The molecule has 0 spiro atoms. The molecule has 0 fully saturated rings. The van der Waals surface area contributed by atoms with Crippen LogP contribution in [0.5, 0.6) is 0 Å². The third kappa shape index (κ3) is 4.01. The van der Waals surface area contributed by atoms with Crippen LogP contribution in [0.25, 0.3) is 11.4 Å². The van der Waals surface area contributed by atoms with Gasteiger partial charge in [-0.05, 0) is 43.2 Å². The lowest BCUT2D eigenvalue weighted by Gasteiger charge is -2.10. The second-order valence-electron chi connectivity index (χ2n) is 5.33. The Balaban J connectivity index is 1.72. The average molecular weight is 344 g/mol. The first-order valence-corrected chi connectivity index (χ1v) is 8.75. The number of carbonyl (C=O) groups excluding carboxylic acids is 1. The standard InChI is InChI=1S/C16H16N4OS2/c1-20(2)9-11-4-3-5-12(8-11)15(21)18-16-17-14(19-23-16)13-6-7-22-10-13/h3-8,10H,9H2,1-2H3,(H,17,18,19,21). The first-order valence-electron chi connectivity index (χ1n) is 7.03. The van der Waals surface area contributed by atoms with Crippen LogP contribution in [0.1, 0.15) is 15.9 Å². The minimum atomic E-state index is -0.168. The van der Waals surface area contributed by atoms with Crippen molar-refractivity contribution in [1.82, 2.24) is 14.3 Å². The summed E-state index contributed by atoms with van der Waals surface area (Å²) in [6, 6.07) is 9.57. The van der Waals surface area contributed by atoms with Crippen LogP contribution in [0, 0.1) is 0 Å². The smallest absolute Gasteiger partial charge is 0.257 e. The van der Waals surface area contributed by atoms with Crippen molar-refractivity contribution in [2.24, 2.45) is 0 Å². The molecular formula is C16H16N4OS2. The summed E-state index contributed by atoms with van der Waals surface area (Å²) in [5.74, 6) is 0.478. The van der Waals surface area contributed by atoms with E-state index in [0.29, 0.717) is 16.5 Å². The van der Waals surface area contributed by atoms with Crippen molar-refractivity contribution < 1.29 is 4.79 Å². The van der Waals surface area contributed by atoms with Gasteiger partial charge in [0.2, 0.25) is 5.13 Å². The minimum Gasteiger partial charge on any atom is -0.305 e. The third-order valence-electron chi connectivity index (χ3n) is 3.11. The second kappa shape index (κ2) is 6.99. The van der Waals surface area contributed by atoms with Gasteiger partial charge < -0.3 is 4.90 Å². The highest BCUT2D eigenvalue weighted by atomic mass is 32.1. The Bertz CT molecular complexity index is 796. The quantitative estimate of drug-likeness (QED) is 0.768. The Morgan fingerprint density at radius 3 is 2.91 bits per heavy atom. The Hall–Kier alpha value is -2.09. The van der Waals surface area contributed by atoms with Gasteiger partial charge in [0.1, 0.15) is 0 Å². The second-order valence-corrected chi connectivity index (χ2v) is 6.86. The largest absolute Gasteiger partial charge is 0.305 e. The lowest BCUT2D eigenvalue weighted by molar-refractivity contribution is 0.102. The molecule has 7 heteroatoms. The maximum atomic E-state index is 12.4. The van der Waals surface area contributed by atoms with Gasteiger partial charge in [-0.2, -0.15) is 20.7 Å². The van der Waals surface area contributed by atoms with E-state index in [1.54, 1.807) is 17.4 Å². The zero-order valence-corrected chi connectivity index (χ0v) is 14.4. The molecule has 2 heterocycles. The summed E-state index contributed by atoms with van der Waals surface area (Å²) in [4.78, 5) is 18.8. The molecule has 0 aliphatic rings. The zero-order chi connectivity index (χ0) is 16.2. The third-order valence-corrected chi connectivity index (χ3v) is 4.43. The first-order chi connectivity index (χ1) is 11.1. The molecule has 118 valence electrons. The summed E-state index contributed by atoms with van der Waals surface area (Å²) in [7, 11) is 4.00. The van der Waals surface area contributed by atoms with Crippen LogP contribution in [0.4, 0.5) is 5.13 Å². The Kier molecular flexibility index (Phi) is 4.80. The van der Waals surface area contributed by atoms with Crippen LogP contribution in [0.2, 0.25) is 0 Å². The predicted octanol–water partition coefficient (Wildman–Crippen LogP) is 3.58. The van der Waals surface area contributed by atoms with Crippen molar-refractivity contribution in [1.29, 1.82) is 0 Å². The molecule has 0 atom stereocenters. The molecule has 0 aliphatic carbocycles. The van der Waals surface area contributed by atoms with Crippen LogP contribution in [0.3, 0.4) is 0 Å². The number of anilines is 1. The fourth-order valence-corrected chi connectivity index (χ4v) is 3.35. The lowest BCUT2D eigenvalue weighted by Crippen LogP contribution is -2.14. The Morgan fingerprint density at radius 1 is 1.30 bits per heavy atom. The van der Waals surface area contributed by atoms with E-state index in [2.05, 4.69) is 19.6 Å². The van der Waals surface area contributed by atoms with Gasteiger partial charge in [0.25, 0.3) is 5.91 Å². The van der Waals surface area contributed by atoms with Gasteiger partial charge in [0.05, 0.1) is 0 Å². The van der Waals surface area contributed by atoms with Gasteiger partial charge >= 0.3 is 0 Å². The summed E-state index contributed by atoms with van der Waals surface area (Å²) in [5.41, 5.74) is 2.69. The minimum absolute atomic E-state index is 0.168. The summed E-state index contributed by atoms with van der Waals surface area (Å²) in [6.07, 6.45) is 0. The Labute approximate surface area is 142 Å². The lowest BCUT2D eigenvalue weighted by atomic mass is 10.1. The molecule has 23 heavy (non-hydrogen) atoms. The average Bonchev–Trinajstić information content (AvgIpc) is 3.17. The van der Waals surface area contributed by atoms with Gasteiger partial charge in [-0.15, -0.1) is 0 Å². The van der Waals surface area contributed by atoms with E-state index in [4.69, 9.17) is 0 Å². The van der Waals surface area contributed by atoms with Crippen molar-refractivity contribution >= 4 is 33.9 Å². The highest BCUT2D eigenvalue weighted by Crippen LogP contribution is 2.23. The van der Waals surface area contributed by atoms with Gasteiger partial charge in [-0.25, -0.2) is 0 Å². The maximum absolute atomic E-state index is 12.4. The molecule has 0 saturated heterocycles. The van der Waals surface area contributed by atoms with Crippen LogP contribution < -0.4 is 5.32 Å². The summed E-state index contributed by atoms with van der Waals surface area (Å²) in [6.45, 7) is 0.794. The van der Waals surface area contributed by atoms with Gasteiger partial charge in [0.15, 0.2) is 5.82 Å². The monoisotopic (exact) mass is 344 g/mol. The fourth-order valence-electron chi connectivity index (χ4n) is 2.13. The van der Waals surface area contributed by atoms with Crippen molar-refractivity contribution in [3.8, 4) is 11.4 Å². The number of hydrogen-bond acceptors (Lipinski definition) is 6. The predicted molar refractivity (Wildman–Crippen MR) is 95.0 cm³/mol. The molecule has 0 radical (unpaired) electrons. The molecule has 0 unspecified atom stereocenters. The molecule has 5 nitrogen and oxygen atoms in total. The zero-order valence-electron chi connectivity index (χ0n) is 12.8. The number of thiophene rings is 1. The van der Waals surface area contributed by atoms with Crippen LogP contribution in [-0.2, 0) is 6.54 Å². The SMILES string of the molecule is CN(C)Cc1cccc(C(=O)Nc2nc(-c3ccsc3)ns2)c1. The molecule has 3 rings (SSSR count). The van der Waals surface area contributed by atoms with Gasteiger partial charge in [-0.3, -0.25) is 10.1 Å². The molecule has 1 amide bonds. The molecule has 0 bridgehead atoms. The maximum Gasteiger partial charge on any atom is 0.257 e. The van der Waals surface area contributed by atoms with Gasteiger partial charge in [-0.1, -0.05) is 12.1 Å². The number of aromatic nitrogens is 2. The molecular weight excluding hydrogens is 328 g/mol. The topological polar surface area (TPSA) is 58.1 Å². The number of amides is 1. The number of carbonyl (C=O) groups is 1. The van der Waals surface area contributed by atoms with E-state index in [1.165, 1.54) is 11.5 Å². The number of rotatable bonds is 5. The Morgan fingerprint density at radius 2 is 2.17 bits per heavy atom. The molecule has 3 aromatic rings.